The monoisotopic (exact) mass is 339 g/mol. The number of carbonyl (C=O) groups is 1. The second-order valence-corrected chi connectivity index (χ2v) is 6.16. The van der Waals surface area contributed by atoms with Crippen molar-refractivity contribution in [3.05, 3.63) is 56.9 Å². The standard InChI is InChI=1S/C13H13N3O6S/c1-15-7-10(12(18)16(2)13(15)19)23(20,21)22-9-6-4-3-5-8(9)11(14)17/h3-7H,1-2H3,(H2,14,17). The molecule has 10 heteroatoms. The molecule has 2 aromatic rings. The molecular formula is C13H13N3O6S. The molecule has 9 nitrogen and oxygen atoms in total. The molecule has 0 aliphatic rings. The fourth-order valence-corrected chi connectivity index (χ4v) is 2.96. The first-order valence-corrected chi connectivity index (χ1v) is 7.66. The molecule has 122 valence electrons. The molecule has 2 N–H and O–H groups in total. The number of nitrogens with two attached hydrogens (primary N) is 1. The third-order valence-electron chi connectivity index (χ3n) is 3.04. The Kier molecular flexibility index (Phi) is 4.10. The number of aromatic nitrogens is 2. The summed E-state index contributed by atoms with van der Waals surface area (Å²) in [5.41, 5.74) is 3.26. The van der Waals surface area contributed by atoms with E-state index < -0.39 is 32.2 Å². The van der Waals surface area contributed by atoms with Gasteiger partial charge in [-0.2, -0.15) is 8.42 Å². The number of para-hydroxylation sites is 1. The average molecular weight is 339 g/mol. The van der Waals surface area contributed by atoms with Crippen LogP contribution in [0.3, 0.4) is 0 Å². The SMILES string of the molecule is Cn1cc(S(=O)(=O)Oc2ccccc2C(N)=O)c(=O)n(C)c1=O. The van der Waals surface area contributed by atoms with Gasteiger partial charge in [0, 0.05) is 20.3 Å². The lowest BCUT2D eigenvalue weighted by molar-refractivity contribution is 0.0999. The number of rotatable bonds is 4. The highest BCUT2D eigenvalue weighted by atomic mass is 32.2. The zero-order valence-corrected chi connectivity index (χ0v) is 13.0. The molecule has 0 aliphatic heterocycles. The van der Waals surface area contributed by atoms with E-state index in [1.807, 2.05) is 0 Å². The molecule has 0 radical (unpaired) electrons. The Balaban J connectivity index is 2.60. The Bertz CT molecular complexity index is 1000. The summed E-state index contributed by atoms with van der Waals surface area (Å²) in [6.45, 7) is 0. The molecule has 1 aromatic heterocycles. The molecule has 1 heterocycles. The van der Waals surface area contributed by atoms with E-state index in [0.717, 1.165) is 17.8 Å². The van der Waals surface area contributed by atoms with Gasteiger partial charge in [-0.3, -0.25) is 14.2 Å². The van der Waals surface area contributed by atoms with Crippen molar-refractivity contribution in [2.24, 2.45) is 19.8 Å². The van der Waals surface area contributed by atoms with E-state index in [2.05, 4.69) is 0 Å². The van der Waals surface area contributed by atoms with Gasteiger partial charge in [0.05, 0.1) is 5.56 Å². The Morgan fingerprint density at radius 1 is 1.17 bits per heavy atom. The lowest BCUT2D eigenvalue weighted by Gasteiger charge is -2.10. The highest BCUT2D eigenvalue weighted by molar-refractivity contribution is 7.87. The quantitative estimate of drug-likeness (QED) is 0.707. The number of benzene rings is 1. The van der Waals surface area contributed by atoms with Crippen LogP contribution in [-0.2, 0) is 24.2 Å². The number of nitrogens with zero attached hydrogens (tertiary/aromatic N) is 2. The van der Waals surface area contributed by atoms with Crippen molar-refractivity contribution in [2.45, 2.75) is 4.90 Å². The van der Waals surface area contributed by atoms with Crippen LogP contribution in [0.25, 0.3) is 0 Å². The molecule has 0 bridgehead atoms. The average Bonchev–Trinajstić information content (AvgIpc) is 2.48. The summed E-state index contributed by atoms with van der Waals surface area (Å²) in [6, 6.07) is 5.43. The lowest BCUT2D eigenvalue weighted by Crippen LogP contribution is -2.40. The van der Waals surface area contributed by atoms with Crippen LogP contribution in [0.4, 0.5) is 0 Å². The summed E-state index contributed by atoms with van der Waals surface area (Å²) >= 11 is 0. The van der Waals surface area contributed by atoms with Crippen molar-refractivity contribution >= 4 is 16.0 Å². The summed E-state index contributed by atoms with van der Waals surface area (Å²) in [5.74, 6) is -1.19. The van der Waals surface area contributed by atoms with E-state index in [1.165, 1.54) is 31.3 Å². The molecule has 1 aromatic carbocycles. The Hall–Kier alpha value is -2.88. The summed E-state index contributed by atoms with van der Waals surface area (Å²) < 4.78 is 31.0. The van der Waals surface area contributed by atoms with Gasteiger partial charge >= 0.3 is 15.8 Å². The Labute approximate surface area is 130 Å². The zero-order valence-electron chi connectivity index (χ0n) is 12.2. The van der Waals surface area contributed by atoms with Crippen LogP contribution in [0.1, 0.15) is 10.4 Å². The Morgan fingerprint density at radius 2 is 1.78 bits per heavy atom. The van der Waals surface area contributed by atoms with Gasteiger partial charge in [0.15, 0.2) is 10.6 Å². The second-order valence-electron chi connectivity index (χ2n) is 4.65. The van der Waals surface area contributed by atoms with E-state index >= 15 is 0 Å². The minimum absolute atomic E-state index is 0.155. The number of hydrogen-bond donors (Lipinski definition) is 1. The maximum atomic E-state index is 12.3. The highest BCUT2D eigenvalue weighted by Gasteiger charge is 2.25. The molecule has 0 unspecified atom stereocenters. The summed E-state index contributed by atoms with van der Waals surface area (Å²) in [6.07, 6.45) is 0.854. The van der Waals surface area contributed by atoms with Gasteiger partial charge in [0.2, 0.25) is 0 Å². The third kappa shape index (κ3) is 3.01. The molecule has 0 fully saturated rings. The largest absolute Gasteiger partial charge is 0.378 e. The highest BCUT2D eigenvalue weighted by Crippen LogP contribution is 2.21. The van der Waals surface area contributed by atoms with Gasteiger partial charge in [0.1, 0.15) is 0 Å². The van der Waals surface area contributed by atoms with Gasteiger partial charge in [-0.25, -0.2) is 4.79 Å². The molecule has 0 saturated carbocycles. The first-order chi connectivity index (χ1) is 10.6. The van der Waals surface area contributed by atoms with Gasteiger partial charge in [0.25, 0.3) is 11.5 Å². The normalized spacial score (nSPS) is 11.2. The van der Waals surface area contributed by atoms with E-state index in [9.17, 15) is 22.8 Å². The predicted molar refractivity (Wildman–Crippen MR) is 79.7 cm³/mol. The van der Waals surface area contributed by atoms with Crippen LogP contribution in [0.15, 0.2) is 44.9 Å². The number of primary amides is 1. The number of carbonyl (C=O) groups excluding carboxylic acids is 1. The lowest BCUT2D eigenvalue weighted by atomic mass is 10.2. The third-order valence-corrected chi connectivity index (χ3v) is 4.25. The smallest absolute Gasteiger partial charge is 0.346 e. The number of hydrogen-bond acceptors (Lipinski definition) is 6. The molecule has 1 amide bonds. The maximum absolute atomic E-state index is 12.3. The van der Waals surface area contributed by atoms with Crippen LogP contribution in [0.2, 0.25) is 0 Å². The summed E-state index contributed by atoms with van der Waals surface area (Å²) in [4.78, 5) is 34.2. The maximum Gasteiger partial charge on any atom is 0.346 e. The van der Waals surface area contributed by atoms with Crippen LogP contribution < -0.4 is 21.2 Å². The van der Waals surface area contributed by atoms with Gasteiger partial charge in [-0.1, -0.05) is 12.1 Å². The van der Waals surface area contributed by atoms with E-state index in [1.54, 1.807) is 0 Å². The molecule has 0 aliphatic carbocycles. The van der Waals surface area contributed by atoms with Crippen molar-refractivity contribution in [3.63, 3.8) is 0 Å². The number of amides is 1. The first kappa shape index (κ1) is 16.5. The van der Waals surface area contributed by atoms with Gasteiger partial charge in [-0.05, 0) is 12.1 Å². The summed E-state index contributed by atoms with van der Waals surface area (Å²) in [5, 5.41) is 0. The van der Waals surface area contributed by atoms with Crippen molar-refractivity contribution in [1.29, 1.82) is 0 Å². The molecule has 0 saturated heterocycles. The molecular weight excluding hydrogens is 326 g/mol. The van der Waals surface area contributed by atoms with Gasteiger partial charge in [-0.15, -0.1) is 0 Å². The minimum atomic E-state index is -4.56. The predicted octanol–water partition coefficient (Wildman–Crippen LogP) is -1.05. The topological polar surface area (TPSA) is 130 Å². The van der Waals surface area contributed by atoms with Crippen LogP contribution in [0, 0.1) is 0 Å². The second kappa shape index (κ2) is 5.72. The van der Waals surface area contributed by atoms with Crippen LogP contribution in [-0.4, -0.2) is 23.5 Å². The molecule has 0 atom stereocenters. The molecule has 23 heavy (non-hydrogen) atoms. The van der Waals surface area contributed by atoms with Crippen LogP contribution >= 0.6 is 0 Å². The van der Waals surface area contributed by atoms with Gasteiger partial charge < -0.3 is 14.5 Å². The molecule has 0 spiro atoms. The summed E-state index contributed by atoms with van der Waals surface area (Å²) in [7, 11) is -2.13. The van der Waals surface area contributed by atoms with Crippen LogP contribution in [0.5, 0.6) is 5.75 Å². The fraction of sp³-hybridized carbons (Fsp3) is 0.154. The number of aryl methyl sites for hydroxylation is 1. The van der Waals surface area contributed by atoms with E-state index in [0.29, 0.717) is 4.57 Å². The van der Waals surface area contributed by atoms with Crippen molar-refractivity contribution < 1.29 is 17.4 Å². The van der Waals surface area contributed by atoms with E-state index in [4.69, 9.17) is 9.92 Å². The van der Waals surface area contributed by atoms with Crippen molar-refractivity contribution in [1.82, 2.24) is 9.13 Å². The van der Waals surface area contributed by atoms with Crippen molar-refractivity contribution in [2.75, 3.05) is 0 Å². The van der Waals surface area contributed by atoms with E-state index in [-0.39, 0.29) is 11.3 Å². The Morgan fingerprint density at radius 3 is 2.39 bits per heavy atom. The zero-order chi connectivity index (χ0) is 17.4. The molecule has 2 rings (SSSR count). The van der Waals surface area contributed by atoms with Crippen molar-refractivity contribution in [3.8, 4) is 5.75 Å². The first-order valence-electron chi connectivity index (χ1n) is 6.25. The fourth-order valence-electron chi connectivity index (χ4n) is 1.85. The minimum Gasteiger partial charge on any atom is -0.378 e.